The van der Waals surface area contributed by atoms with E-state index in [0.717, 1.165) is 28.2 Å². The Kier molecular flexibility index (Phi) is 4.96. The maximum Gasteiger partial charge on any atom is 0.235 e. The quantitative estimate of drug-likeness (QED) is 0.756. The molecule has 1 aliphatic rings. The first-order valence-electron chi connectivity index (χ1n) is 8.48. The van der Waals surface area contributed by atoms with Crippen molar-refractivity contribution in [2.24, 2.45) is 0 Å². The Hall–Kier alpha value is -2.47. The first-order valence-corrected chi connectivity index (χ1v) is 10.0. The van der Waals surface area contributed by atoms with E-state index in [0.29, 0.717) is 12.1 Å². The smallest absolute Gasteiger partial charge is 0.235 e. The van der Waals surface area contributed by atoms with Crippen molar-refractivity contribution in [2.75, 3.05) is 11.8 Å². The van der Waals surface area contributed by atoms with Gasteiger partial charge in [0.1, 0.15) is 17.6 Å². The van der Waals surface area contributed by atoms with Crippen molar-refractivity contribution in [1.29, 1.82) is 0 Å². The second kappa shape index (κ2) is 7.03. The first-order chi connectivity index (χ1) is 12.4. The van der Waals surface area contributed by atoms with Gasteiger partial charge in [-0.2, -0.15) is 0 Å². The van der Waals surface area contributed by atoms with Crippen LogP contribution in [0, 0.1) is 0 Å². The van der Waals surface area contributed by atoms with Crippen LogP contribution in [0.4, 0.5) is 5.69 Å². The van der Waals surface area contributed by atoms with Crippen molar-refractivity contribution >= 4 is 15.7 Å². The summed E-state index contributed by atoms with van der Waals surface area (Å²) < 4.78 is 38.7. The highest BCUT2D eigenvalue weighted by molar-refractivity contribution is 7.93. The highest BCUT2D eigenvalue weighted by Crippen LogP contribution is 2.48. The van der Waals surface area contributed by atoms with Gasteiger partial charge in [0.25, 0.3) is 0 Å². The Labute approximate surface area is 154 Å². The third-order valence-corrected chi connectivity index (χ3v) is 6.17. The zero-order valence-corrected chi connectivity index (χ0v) is 16.0. The van der Waals surface area contributed by atoms with Crippen molar-refractivity contribution in [2.45, 2.75) is 31.6 Å². The Morgan fingerprint density at radius 3 is 2.73 bits per heavy atom. The fraction of sp³-hybridized carbons (Fsp3) is 0.300. The molecule has 5 nitrogen and oxygen atoms in total. The van der Waals surface area contributed by atoms with E-state index in [2.05, 4.69) is 11.3 Å². The number of hydrogen-bond donors (Lipinski definition) is 1. The molecular weight excluding hydrogens is 350 g/mol. The molecule has 1 aliphatic heterocycles. The molecule has 138 valence electrons. The largest absolute Gasteiger partial charge is 0.496 e. The van der Waals surface area contributed by atoms with Crippen molar-refractivity contribution in [3.8, 4) is 22.6 Å². The molecule has 0 spiro atoms. The second-order valence-corrected chi connectivity index (χ2v) is 8.70. The van der Waals surface area contributed by atoms with E-state index >= 15 is 0 Å². The molecular formula is C20H23NO4S. The van der Waals surface area contributed by atoms with Gasteiger partial charge in [0.05, 0.1) is 17.9 Å². The average Bonchev–Trinajstić information content (AvgIpc) is 2.61. The van der Waals surface area contributed by atoms with Crippen LogP contribution in [0.15, 0.2) is 49.1 Å². The van der Waals surface area contributed by atoms with Gasteiger partial charge in [0.15, 0.2) is 0 Å². The normalized spacial score (nSPS) is 15.6. The lowest BCUT2D eigenvalue weighted by Gasteiger charge is -2.30. The van der Waals surface area contributed by atoms with Gasteiger partial charge in [0.2, 0.25) is 10.0 Å². The maximum absolute atomic E-state index is 12.2. The minimum Gasteiger partial charge on any atom is -0.496 e. The molecule has 0 aliphatic carbocycles. The molecule has 0 aromatic heterocycles. The number of ether oxygens (including phenoxy) is 2. The molecule has 2 aromatic rings. The van der Waals surface area contributed by atoms with E-state index in [1.807, 2.05) is 30.3 Å². The fourth-order valence-corrected chi connectivity index (χ4v) is 3.68. The highest BCUT2D eigenvalue weighted by atomic mass is 32.2. The SMILES string of the molecule is C=CCC1Oc2cccc(OC)c2-c2ccc(NS(=O)(=O)C(C)C)cc21. The van der Waals surface area contributed by atoms with E-state index in [1.165, 1.54) is 0 Å². The van der Waals surface area contributed by atoms with Crippen LogP contribution in [0.5, 0.6) is 11.5 Å². The Morgan fingerprint density at radius 2 is 2.08 bits per heavy atom. The van der Waals surface area contributed by atoms with Crippen LogP contribution in [0.2, 0.25) is 0 Å². The summed E-state index contributed by atoms with van der Waals surface area (Å²) >= 11 is 0. The Balaban J connectivity index is 2.12. The molecule has 0 saturated carbocycles. The van der Waals surface area contributed by atoms with E-state index < -0.39 is 15.3 Å². The van der Waals surface area contributed by atoms with Crippen molar-refractivity contribution in [3.63, 3.8) is 0 Å². The van der Waals surface area contributed by atoms with Gasteiger partial charge in [0, 0.05) is 17.7 Å². The van der Waals surface area contributed by atoms with Crippen LogP contribution in [-0.4, -0.2) is 20.8 Å². The summed E-state index contributed by atoms with van der Waals surface area (Å²) in [6.45, 7) is 7.09. The lowest BCUT2D eigenvalue weighted by molar-refractivity contribution is 0.205. The molecule has 0 saturated heterocycles. The number of hydrogen-bond acceptors (Lipinski definition) is 4. The first kappa shape index (κ1) is 18.3. The van der Waals surface area contributed by atoms with Crippen LogP contribution >= 0.6 is 0 Å². The van der Waals surface area contributed by atoms with Crippen LogP contribution < -0.4 is 14.2 Å². The molecule has 0 bridgehead atoms. The summed E-state index contributed by atoms with van der Waals surface area (Å²) in [4.78, 5) is 0. The minimum atomic E-state index is -3.42. The molecule has 0 fully saturated rings. The van der Waals surface area contributed by atoms with Gasteiger partial charge < -0.3 is 9.47 Å². The summed E-state index contributed by atoms with van der Waals surface area (Å²) in [6.07, 6.45) is 2.18. The number of rotatable bonds is 6. The number of anilines is 1. The lowest BCUT2D eigenvalue weighted by atomic mass is 9.90. The Bertz CT molecular complexity index is 935. The monoisotopic (exact) mass is 373 g/mol. The van der Waals surface area contributed by atoms with Gasteiger partial charge in [-0.05, 0) is 43.7 Å². The fourth-order valence-electron chi connectivity index (χ4n) is 2.99. The van der Waals surface area contributed by atoms with Crippen molar-refractivity contribution in [1.82, 2.24) is 0 Å². The van der Waals surface area contributed by atoms with E-state index in [4.69, 9.17) is 9.47 Å². The molecule has 26 heavy (non-hydrogen) atoms. The number of methoxy groups -OCH3 is 1. The standard InChI is InChI=1S/C20H23NO4S/c1-5-7-17-16-12-14(21-26(22,23)13(2)3)10-11-15(16)20-18(24-4)8-6-9-19(20)25-17/h5-6,8-13,17,21H,1,7H2,2-4H3. The topological polar surface area (TPSA) is 64.6 Å². The molecule has 3 rings (SSSR count). The molecule has 1 unspecified atom stereocenters. The number of sulfonamides is 1. The molecule has 1 heterocycles. The summed E-state index contributed by atoms with van der Waals surface area (Å²) in [7, 11) is -1.80. The Morgan fingerprint density at radius 1 is 1.31 bits per heavy atom. The van der Waals surface area contributed by atoms with Gasteiger partial charge in [-0.15, -0.1) is 6.58 Å². The predicted molar refractivity (Wildman–Crippen MR) is 104 cm³/mol. The molecule has 0 amide bonds. The lowest BCUT2D eigenvalue weighted by Crippen LogP contribution is -2.23. The van der Waals surface area contributed by atoms with Crippen LogP contribution in [0.1, 0.15) is 31.9 Å². The summed E-state index contributed by atoms with van der Waals surface area (Å²) in [5, 5.41) is -0.514. The summed E-state index contributed by atoms with van der Waals surface area (Å²) in [5.41, 5.74) is 3.28. The minimum absolute atomic E-state index is 0.231. The van der Waals surface area contributed by atoms with Crippen LogP contribution in [0.3, 0.4) is 0 Å². The maximum atomic E-state index is 12.2. The average molecular weight is 373 g/mol. The van der Waals surface area contributed by atoms with E-state index in [-0.39, 0.29) is 6.10 Å². The predicted octanol–water partition coefficient (Wildman–Crippen LogP) is 4.52. The van der Waals surface area contributed by atoms with Gasteiger partial charge >= 0.3 is 0 Å². The zero-order valence-electron chi connectivity index (χ0n) is 15.2. The van der Waals surface area contributed by atoms with Crippen LogP contribution in [0.25, 0.3) is 11.1 Å². The van der Waals surface area contributed by atoms with E-state index in [1.54, 1.807) is 33.1 Å². The molecule has 1 N–H and O–H groups in total. The van der Waals surface area contributed by atoms with E-state index in [9.17, 15) is 8.42 Å². The zero-order chi connectivity index (χ0) is 18.9. The number of benzene rings is 2. The van der Waals surface area contributed by atoms with Gasteiger partial charge in [-0.3, -0.25) is 4.72 Å². The summed E-state index contributed by atoms with van der Waals surface area (Å²) in [5.74, 6) is 1.47. The third-order valence-electron chi connectivity index (χ3n) is 4.41. The van der Waals surface area contributed by atoms with Crippen molar-refractivity contribution in [3.05, 3.63) is 54.6 Å². The molecule has 2 aromatic carbocycles. The van der Waals surface area contributed by atoms with Crippen molar-refractivity contribution < 1.29 is 17.9 Å². The second-order valence-electron chi connectivity index (χ2n) is 6.46. The molecule has 6 heteroatoms. The third kappa shape index (κ3) is 3.29. The summed E-state index contributed by atoms with van der Waals surface area (Å²) in [6, 6.07) is 11.2. The van der Waals surface area contributed by atoms with Gasteiger partial charge in [-0.1, -0.05) is 18.2 Å². The molecule has 1 atom stereocenters. The number of nitrogens with one attached hydrogen (secondary N) is 1. The number of fused-ring (bicyclic) bond motifs is 3. The van der Waals surface area contributed by atoms with Gasteiger partial charge in [-0.25, -0.2) is 8.42 Å². The van der Waals surface area contributed by atoms with Crippen LogP contribution in [-0.2, 0) is 10.0 Å². The highest BCUT2D eigenvalue weighted by Gasteiger charge is 2.28. The molecule has 0 radical (unpaired) electrons.